The molecule has 0 unspecified atom stereocenters. The maximum Gasteiger partial charge on any atom is 0.164 e. The van der Waals surface area contributed by atoms with Crippen molar-refractivity contribution in [2.75, 3.05) is 0 Å². The Morgan fingerprint density at radius 2 is 0.787 bits per heavy atom. The Morgan fingerprint density at radius 1 is 0.262 bits per heavy atom. The Hall–Kier alpha value is -8.21. The van der Waals surface area contributed by atoms with Crippen LogP contribution in [-0.2, 0) is 0 Å². The van der Waals surface area contributed by atoms with Crippen molar-refractivity contribution in [1.82, 2.24) is 15.0 Å². The normalized spacial score (nSPS) is 11.6. The van der Waals surface area contributed by atoms with Gasteiger partial charge in [0.05, 0.1) is 0 Å². The summed E-state index contributed by atoms with van der Waals surface area (Å²) in [6.07, 6.45) is 0. The van der Waals surface area contributed by atoms with Crippen molar-refractivity contribution in [3.05, 3.63) is 212 Å². The summed E-state index contributed by atoms with van der Waals surface area (Å²) in [4.78, 5) is 15.5. The molecule has 0 amide bonds. The largest absolute Gasteiger partial charge is 0.456 e. The van der Waals surface area contributed by atoms with E-state index in [0.29, 0.717) is 17.5 Å². The summed E-state index contributed by atoms with van der Waals surface area (Å²) in [5.74, 6) is 1.90. The smallest absolute Gasteiger partial charge is 0.164 e. The van der Waals surface area contributed by atoms with Gasteiger partial charge in [-0.25, -0.2) is 15.0 Å². The third-order valence-electron chi connectivity index (χ3n) is 11.9. The lowest BCUT2D eigenvalue weighted by Crippen LogP contribution is -2.00. The fraction of sp³-hybridized carbons (Fsp3) is 0. The number of furan rings is 1. The van der Waals surface area contributed by atoms with Crippen LogP contribution in [0.2, 0.25) is 0 Å². The van der Waals surface area contributed by atoms with Gasteiger partial charge < -0.3 is 4.42 Å². The van der Waals surface area contributed by atoms with Crippen LogP contribution in [0.25, 0.3) is 122 Å². The molecule has 12 rings (SSSR count). The van der Waals surface area contributed by atoms with Gasteiger partial charge in [0, 0.05) is 27.5 Å². The summed E-state index contributed by atoms with van der Waals surface area (Å²) in [5.41, 5.74) is 11.5. The molecular formula is C57H35N3O. The molecule has 10 aromatic carbocycles. The maximum absolute atomic E-state index is 6.47. The van der Waals surface area contributed by atoms with E-state index in [-0.39, 0.29) is 0 Å². The molecule has 0 N–H and O–H groups in total. The molecule has 12 aromatic rings. The first-order chi connectivity index (χ1) is 30.2. The number of hydrogen-bond acceptors (Lipinski definition) is 4. The molecule has 0 spiro atoms. The molecule has 0 radical (unpaired) electrons. The topological polar surface area (TPSA) is 51.8 Å². The first-order valence-electron chi connectivity index (χ1n) is 20.6. The van der Waals surface area contributed by atoms with Crippen LogP contribution in [0.1, 0.15) is 0 Å². The lowest BCUT2D eigenvalue weighted by atomic mass is 9.95. The van der Waals surface area contributed by atoms with Gasteiger partial charge in [-0.05, 0) is 102 Å². The van der Waals surface area contributed by atoms with E-state index in [1.807, 2.05) is 0 Å². The van der Waals surface area contributed by atoms with E-state index in [1.165, 1.54) is 16.5 Å². The second-order valence-electron chi connectivity index (χ2n) is 15.6. The first-order valence-corrected chi connectivity index (χ1v) is 20.6. The molecule has 0 atom stereocenters. The number of aromatic nitrogens is 3. The number of hydrogen-bond donors (Lipinski definition) is 0. The second kappa shape index (κ2) is 14.3. The summed E-state index contributed by atoms with van der Waals surface area (Å²) in [6, 6.07) is 74.8. The highest BCUT2D eigenvalue weighted by Crippen LogP contribution is 2.40. The van der Waals surface area contributed by atoms with Crippen molar-refractivity contribution in [3.63, 3.8) is 0 Å². The first kappa shape index (κ1) is 34.8. The second-order valence-corrected chi connectivity index (χ2v) is 15.6. The summed E-state index contributed by atoms with van der Waals surface area (Å²) >= 11 is 0. The fourth-order valence-corrected chi connectivity index (χ4v) is 8.79. The minimum atomic E-state index is 0.626. The zero-order chi connectivity index (χ0) is 40.3. The van der Waals surface area contributed by atoms with Gasteiger partial charge in [0.2, 0.25) is 0 Å². The zero-order valence-corrected chi connectivity index (χ0v) is 33.0. The van der Waals surface area contributed by atoms with E-state index in [9.17, 15) is 0 Å². The molecule has 284 valence electrons. The van der Waals surface area contributed by atoms with Crippen LogP contribution in [0.3, 0.4) is 0 Å². The quantitative estimate of drug-likeness (QED) is 0.169. The Balaban J connectivity index is 0.971. The van der Waals surface area contributed by atoms with Crippen LogP contribution >= 0.6 is 0 Å². The third kappa shape index (κ3) is 6.21. The highest BCUT2D eigenvalue weighted by atomic mass is 16.3. The van der Waals surface area contributed by atoms with Crippen LogP contribution < -0.4 is 0 Å². The van der Waals surface area contributed by atoms with E-state index < -0.39 is 0 Å². The van der Waals surface area contributed by atoms with Gasteiger partial charge in [0.25, 0.3) is 0 Å². The van der Waals surface area contributed by atoms with Crippen LogP contribution in [0.4, 0.5) is 0 Å². The predicted molar refractivity (Wildman–Crippen MR) is 252 cm³/mol. The Morgan fingerprint density at radius 3 is 1.57 bits per heavy atom. The SMILES string of the molecule is c1ccc(-c2ccc(-c3ccc4oc5cccc(-c6ccc7ccc(-c8nc(-c9ccc%10ccccc%10c9)nc(-c9cccc%10ccccc9%10)n8)cc7c6)c5c4c3)cc2)cc1. The van der Waals surface area contributed by atoms with Crippen molar-refractivity contribution in [1.29, 1.82) is 0 Å². The van der Waals surface area contributed by atoms with Crippen LogP contribution in [0.5, 0.6) is 0 Å². The molecule has 4 heteroatoms. The van der Waals surface area contributed by atoms with Crippen molar-refractivity contribution in [3.8, 4) is 67.5 Å². The Bertz CT molecular complexity index is 3640. The van der Waals surface area contributed by atoms with Gasteiger partial charge in [0.15, 0.2) is 17.5 Å². The highest BCUT2D eigenvalue weighted by molar-refractivity contribution is 6.14. The molecule has 0 fully saturated rings. The highest BCUT2D eigenvalue weighted by Gasteiger charge is 2.17. The predicted octanol–water partition coefficient (Wildman–Crippen LogP) is 15.2. The van der Waals surface area contributed by atoms with Crippen molar-refractivity contribution >= 4 is 54.3 Å². The van der Waals surface area contributed by atoms with E-state index in [1.54, 1.807) is 0 Å². The van der Waals surface area contributed by atoms with Crippen LogP contribution in [-0.4, -0.2) is 15.0 Å². The van der Waals surface area contributed by atoms with E-state index in [0.717, 1.165) is 87.8 Å². The van der Waals surface area contributed by atoms with Crippen molar-refractivity contribution in [2.45, 2.75) is 0 Å². The minimum absolute atomic E-state index is 0.626. The lowest BCUT2D eigenvalue weighted by molar-refractivity contribution is 0.669. The van der Waals surface area contributed by atoms with Gasteiger partial charge in [-0.3, -0.25) is 0 Å². The summed E-state index contributed by atoms with van der Waals surface area (Å²) in [6.45, 7) is 0. The summed E-state index contributed by atoms with van der Waals surface area (Å²) < 4.78 is 6.47. The van der Waals surface area contributed by atoms with Gasteiger partial charge in [-0.1, -0.05) is 176 Å². The number of rotatable bonds is 6. The molecule has 0 bridgehead atoms. The Labute approximate surface area is 352 Å². The molecular weight excluding hydrogens is 743 g/mol. The van der Waals surface area contributed by atoms with E-state index in [4.69, 9.17) is 19.4 Å². The number of fused-ring (bicyclic) bond motifs is 6. The minimum Gasteiger partial charge on any atom is -0.456 e. The van der Waals surface area contributed by atoms with Gasteiger partial charge in [-0.2, -0.15) is 0 Å². The number of nitrogens with zero attached hydrogens (tertiary/aromatic N) is 3. The lowest BCUT2D eigenvalue weighted by Gasteiger charge is -2.12. The molecule has 0 saturated carbocycles. The number of benzene rings is 10. The molecule has 0 aliphatic carbocycles. The van der Waals surface area contributed by atoms with E-state index >= 15 is 0 Å². The average Bonchev–Trinajstić information content (AvgIpc) is 3.72. The van der Waals surface area contributed by atoms with Crippen molar-refractivity contribution < 1.29 is 4.42 Å². The van der Waals surface area contributed by atoms with Crippen LogP contribution in [0.15, 0.2) is 217 Å². The molecule has 0 saturated heterocycles. The molecule has 2 aromatic heterocycles. The molecule has 4 nitrogen and oxygen atoms in total. The fourth-order valence-electron chi connectivity index (χ4n) is 8.79. The third-order valence-corrected chi connectivity index (χ3v) is 11.9. The zero-order valence-electron chi connectivity index (χ0n) is 33.0. The van der Waals surface area contributed by atoms with E-state index in [2.05, 4.69) is 212 Å². The monoisotopic (exact) mass is 777 g/mol. The van der Waals surface area contributed by atoms with Gasteiger partial charge in [-0.15, -0.1) is 0 Å². The standard InChI is InChI=1S/C57H35N3O/c1-2-10-36(11-3-1)38-20-22-39(23-21-38)43-30-31-52-51(35-43)54-49(17-9-19-53(54)61-52)44-27-24-40-26-29-46(34-47(40)33-44)56-58-55(45-28-25-37-12-4-5-14-42(37)32-45)59-57(60-56)50-18-8-15-41-13-6-7-16-48(41)50/h1-35H. The molecule has 0 aliphatic rings. The van der Waals surface area contributed by atoms with Gasteiger partial charge >= 0.3 is 0 Å². The summed E-state index contributed by atoms with van der Waals surface area (Å²) in [7, 11) is 0. The molecule has 0 aliphatic heterocycles. The molecule has 2 heterocycles. The van der Waals surface area contributed by atoms with Crippen molar-refractivity contribution in [2.24, 2.45) is 0 Å². The maximum atomic E-state index is 6.47. The molecule has 61 heavy (non-hydrogen) atoms. The average molecular weight is 778 g/mol. The summed E-state index contributed by atoms with van der Waals surface area (Å²) in [5, 5.41) is 8.99. The van der Waals surface area contributed by atoms with Gasteiger partial charge in [0.1, 0.15) is 11.2 Å². The Kier molecular flexibility index (Phi) is 8.13. The van der Waals surface area contributed by atoms with Crippen LogP contribution in [0, 0.1) is 0 Å².